The van der Waals surface area contributed by atoms with Crippen molar-refractivity contribution in [2.75, 3.05) is 12.3 Å². The van der Waals surface area contributed by atoms with Crippen molar-refractivity contribution in [3.63, 3.8) is 0 Å². The van der Waals surface area contributed by atoms with Gasteiger partial charge in [-0.15, -0.1) is 11.3 Å². The number of nitrogens with zero attached hydrogens (tertiary/aromatic N) is 6. The first-order valence-corrected chi connectivity index (χ1v) is 16.0. The number of carbonyl (C=O) groups excluding carboxylic acids is 2. The Morgan fingerprint density at radius 1 is 1.23 bits per heavy atom. The van der Waals surface area contributed by atoms with E-state index >= 15 is 0 Å². The zero-order valence-corrected chi connectivity index (χ0v) is 25.8. The first-order valence-electron chi connectivity index (χ1n) is 13.8. The first kappa shape index (κ1) is 33.2. The molecule has 0 radical (unpaired) electrons. The van der Waals surface area contributed by atoms with E-state index in [2.05, 4.69) is 30.9 Å². The zero-order valence-electron chi connectivity index (χ0n) is 24.2. The van der Waals surface area contributed by atoms with Crippen LogP contribution in [0.5, 0.6) is 5.75 Å². The normalized spacial score (nSPS) is 21.6. The summed E-state index contributed by atoms with van der Waals surface area (Å²) >= 11 is 0.933. The maximum atomic E-state index is 13.3. The summed E-state index contributed by atoms with van der Waals surface area (Å²) in [5.74, 6) is -3.25. The largest absolute Gasteiger partial charge is 0.489 e. The van der Waals surface area contributed by atoms with Crippen LogP contribution in [-0.2, 0) is 36.1 Å². The van der Waals surface area contributed by atoms with Gasteiger partial charge in [-0.1, -0.05) is 5.16 Å². The zero-order chi connectivity index (χ0) is 33.9. The number of nitrogen functional groups attached to an aromatic ring is 1. The lowest BCUT2D eigenvalue weighted by molar-refractivity contribution is -0.152. The number of anilines is 1. The van der Waals surface area contributed by atoms with Gasteiger partial charge in [0.05, 0.1) is 12.6 Å². The quantitative estimate of drug-likeness (QED) is 0.0322. The fourth-order valence-corrected chi connectivity index (χ4v) is 6.11. The summed E-state index contributed by atoms with van der Waals surface area (Å²) in [4.78, 5) is 50.8. The van der Waals surface area contributed by atoms with Crippen molar-refractivity contribution in [1.29, 1.82) is 5.41 Å². The second-order valence-corrected chi connectivity index (χ2v) is 12.7. The smallest absolute Gasteiger partial charge is 0.362 e. The van der Waals surface area contributed by atoms with Crippen LogP contribution in [0, 0.1) is 5.41 Å². The molecule has 47 heavy (non-hydrogen) atoms. The maximum absolute atomic E-state index is 13.3. The number of rotatable bonds is 14. The van der Waals surface area contributed by atoms with Gasteiger partial charge < -0.3 is 36.8 Å². The molecule has 2 amide bonds. The third-order valence-corrected chi connectivity index (χ3v) is 8.76. The van der Waals surface area contributed by atoms with Crippen LogP contribution < -0.4 is 26.8 Å². The molecule has 250 valence electrons. The minimum absolute atomic E-state index is 0.0305. The van der Waals surface area contributed by atoms with Crippen LogP contribution in [0.4, 0.5) is 5.13 Å². The number of hydrogen-bond donors (Lipinski definition) is 7. The number of benzene rings is 1. The monoisotopic (exact) mass is 691 g/mol. The number of aliphatic carboxylic acids is 1. The van der Waals surface area contributed by atoms with Crippen LogP contribution in [0.25, 0.3) is 0 Å². The van der Waals surface area contributed by atoms with Gasteiger partial charge in [0, 0.05) is 23.0 Å². The van der Waals surface area contributed by atoms with E-state index in [-0.39, 0.29) is 45.3 Å². The Morgan fingerprint density at radius 3 is 2.53 bits per heavy atom. The van der Waals surface area contributed by atoms with Crippen molar-refractivity contribution in [2.24, 2.45) is 10.9 Å². The Bertz CT molecular complexity index is 1780. The molecule has 1 aliphatic heterocycles. The van der Waals surface area contributed by atoms with Gasteiger partial charge in [0.25, 0.3) is 17.9 Å². The molecule has 3 heterocycles. The Balaban J connectivity index is 1.26. The average molecular weight is 692 g/mol. The molecule has 1 saturated carbocycles. The van der Waals surface area contributed by atoms with Crippen molar-refractivity contribution in [3.8, 4) is 5.75 Å². The molecule has 0 spiro atoms. The van der Waals surface area contributed by atoms with E-state index < -0.39 is 58.6 Å². The van der Waals surface area contributed by atoms with Crippen molar-refractivity contribution in [3.05, 3.63) is 53.6 Å². The first-order chi connectivity index (χ1) is 22.3. The highest BCUT2D eigenvalue weighted by Crippen LogP contribution is 2.25. The number of amidine groups is 1. The van der Waals surface area contributed by atoms with Gasteiger partial charge in [0.2, 0.25) is 0 Å². The summed E-state index contributed by atoms with van der Waals surface area (Å²) in [7, 11) is -4.99. The van der Waals surface area contributed by atoms with Gasteiger partial charge in [0.15, 0.2) is 10.8 Å². The molecule has 2 fully saturated rings. The van der Waals surface area contributed by atoms with Crippen LogP contribution in [0.1, 0.15) is 24.1 Å². The predicted molar refractivity (Wildman–Crippen MR) is 163 cm³/mol. The summed E-state index contributed by atoms with van der Waals surface area (Å²) < 4.78 is 40.1. The van der Waals surface area contributed by atoms with Crippen LogP contribution in [0.3, 0.4) is 0 Å². The van der Waals surface area contributed by atoms with E-state index in [9.17, 15) is 32.5 Å². The summed E-state index contributed by atoms with van der Waals surface area (Å²) in [5.41, 5.74) is 11.4. The molecule has 3 aromatic rings. The highest BCUT2D eigenvalue weighted by atomic mass is 32.2. The van der Waals surface area contributed by atoms with Crippen molar-refractivity contribution in [1.82, 2.24) is 34.7 Å². The minimum Gasteiger partial charge on any atom is -0.489 e. The number of oxime groups is 1. The van der Waals surface area contributed by atoms with Gasteiger partial charge in [0.1, 0.15) is 42.6 Å². The number of thiazole rings is 1. The molecule has 1 saturated heterocycles. The van der Waals surface area contributed by atoms with Gasteiger partial charge >= 0.3 is 16.3 Å². The molecule has 2 aliphatic rings. The summed E-state index contributed by atoms with van der Waals surface area (Å²) in [6, 6.07) is 3.81. The third kappa shape index (κ3) is 7.79. The molecular formula is C25H29N11O9S2. The lowest BCUT2D eigenvalue weighted by atomic mass is 9.87. The Kier molecular flexibility index (Phi) is 9.64. The highest BCUT2D eigenvalue weighted by Gasteiger charge is 2.54. The van der Waals surface area contributed by atoms with E-state index in [1.807, 2.05) is 0 Å². The topological polar surface area (TPSA) is 303 Å². The number of hydrogen-bond acceptors (Lipinski definition) is 15. The average Bonchev–Trinajstić information content (AvgIpc) is 3.67. The lowest BCUT2D eigenvalue weighted by Crippen LogP contribution is -2.73. The number of carboxylic acids is 1. The molecule has 1 aromatic carbocycles. The lowest BCUT2D eigenvalue weighted by Gasteiger charge is -2.43. The van der Waals surface area contributed by atoms with Crippen molar-refractivity contribution in [2.45, 2.75) is 49.7 Å². The number of nitrogens with two attached hydrogens (primary N) is 2. The fraction of sp³-hybridized carbons (Fsp3) is 0.360. The number of carboxylic acid groups (broad SMARTS) is 1. The Labute approximate surface area is 270 Å². The van der Waals surface area contributed by atoms with Gasteiger partial charge in [-0.3, -0.25) is 24.2 Å². The van der Waals surface area contributed by atoms with Crippen LogP contribution in [0.15, 0.2) is 47.5 Å². The molecule has 1 aliphatic carbocycles. The maximum Gasteiger partial charge on any atom is 0.362 e. The molecule has 22 heteroatoms. The van der Waals surface area contributed by atoms with Crippen molar-refractivity contribution < 1.29 is 42.0 Å². The number of nitrogens with one attached hydrogen (secondary N) is 3. The second kappa shape index (κ2) is 13.7. The molecule has 2 aromatic heterocycles. The number of carbonyl (C=O) groups is 3. The number of ether oxygens (including phenoxy) is 1. The molecular weight excluding hydrogens is 662 g/mol. The molecule has 9 N–H and O–H groups in total. The van der Waals surface area contributed by atoms with E-state index in [1.54, 1.807) is 24.3 Å². The van der Waals surface area contributed by atoms with Crippen LogP contribution in [0.2, 0.25) is 0 Å². The van der Waals surface area contributed by atoms with Gasteiger partial charge in [-0.05, 0) is 37.1 Å². The summed E-state index contributed by atoms with van der Waals surface area (Å²) in [6.07, 6.45) is 2.22. The van der Waals surface area contributed by atoms with Crippen LogP contribution >= 0.6 is 11.3 Å². The van der Waals surface area contributed by atoms with Crippen LogP contribution in [-0.4, -0.2) is 108 Å². The molecule has 5 rings (SSSR count). The molecule has 3 atom stereocenters. The number of amides is 2. The van der Waals surface area contributed by atoms with E-state index in [0.29, 0.717) is 5.56 Å². The standard InChI is InChI=1S/C25H29N11O9S2/c26-13-5-14(6-13)31-21(27)12-1-3-15(4-2-12)44-8-18(24(39)40)45-34-19(16-9-46-25(28)32-16)22(37)33-20-17(7-35-11-29-10-30-35)36(23(20)38)47(41,42)43/h1-4,9-11,13-14,17-18,20H,5-8,26H2,(H2,27,31)(H2,28,32)(H,33,37)(H,39,40)(H,41,42,43)/b34-19-/t13-,14-,17?,18-,20?/m0/s1. The second-order valence-electron chi connectivity index (χ2n) is 10.5. The van der Waals surface area contributed by atoms with Gasteiger partial charge in [-0.25, -0.2) is 19.1 Å². The fourth-order valence-electron chi connectivity index (χ4n) is 4.69. The number of β-lactam (4-membered cyclic amide) rings is 1. The van der Waals surface area contributed by atoms with E-state index in [0.717, 1.165) is 30.5 Å². The molecule has 2 unspecified atom stereocenters. The summed E-state index contributed by atoms with van der Waals surface area (Å²) in [5, 5.41) is 32.2. The summed E-state index contributed by atoms with van der Waals surface area (Å²) in [6.45, 7) is -0.818. The van der Waals surface area contributed by atoms with Gasteiger partial charge in [-0.2, -0.15) is 13.5 Å². The highest BCUT2D eigenvalue weighted by molar-refractivity contribution is 7.84. The third-order valence-electron chi connectivity index (χ3n) is 7.14. The predicted octanol–water partition coefficient (Wildman–Crippen LogP) is -1.83. The Hall–Kier alpha value is -5.19. The van der Waals surface area contributed by atoms with Crippen molar-refractivity contribution >= 4 is 56.1 Å². The molecule has 0 bridgehead atoms. The number of aromatic nitrogens is 4. The molecule has 20 nitrogen and oxygen atoms in total. The SMILES string of the molecule is N=C(N[C@H]1C[C@H](N)C1)c1ccc(OC[C@H](O/N=C(\C(=O)NC2C(=O)N(S(=O)(=O)O)C2Cn2cncn2)c2csc(N)n2)C(=O)O)cc1. The Morgan fingerprint density at radius 2 is 1.96 bits per heavy atom. The van der Waals surface area contributed by atoms with E-state index in [4.69, 9.17) is 26.5 Å². The minimum atomic E-state index is -4.99. The van der Waals surface area contributed by atoms with E-state index in [1.165, 1.54) is 16.4 Å².